The van der Waals surface area contributed by atoms with Crippen LogP contribution in [-0.2, 0) is 0 Å². The van der Waals surface area contributed by atoms with Crippen LogP contribution in [0.5, 0.6) is 5.75 Å². The van der Waals surface area contributed by atoms with Gasteiger partial charge in [0, 0.05) is 10.5 Å². The number of amidine groups is 1. The molecule has 0 amide bonds. The molecule has 3 nitrogen and oxygen atoms in total. The van der Waals surface area contributed by atoms with Crippen LogP contribution < -0.4 is 10.5 Å². The van der Waals surface area contributed by atoms with Crippen LogP contribution in [0.15, 0.2) is 27.7 Å². The minimum atomic E-state index is 0.528. The Morgan fingerprint density at radius 2 is 2.15 bits per heavy atom. The lowest BCUT2D eigenvalue weighted by Crippen LogP contribution is -2.03. The van der Waals surface area contributed by atoms with Crippen molar-refractivity contribution < 1.29 is 4.74 Å². The first kappa shape index (κ1) is 10.1. The molecule has 0 radical (unpaired) electrons. The van der Waals surface area contributed by atoms with Crippen molar-refractivity contribution in [2.45, 2.75) is 6.92 Å². The van der Waals surface area contributed by atoms with Crippen molar-refractivity contribution in [2.24, 2.45) is 10.7 Å². The Labute approximate surface area is 85.7 Å². The molecule has 0 atom stereocenters. The van der Waals surface area contributed by atoms with Gasteiger partial charge in [-0.3, -0.25) is 0 Å². The minimum Gasteiger partial charge on any atom is -0.497 e. The Kier molecular flexibility index (Phi) is 3.31. The normalized spacial score (nSPS) is 11.5. The first-order valence-electron chi connectivity index (χ1n) is 3.77. The van der Waals surface area contributed by atoms with E-state index in [0.717, 1.165) is 15.9 Å². The maximum absolute atomic E-state index is 5.46. The zero-order valence-corrected chi connectivity index (χ0v) is 9.13. The first-order valence-corrected chi connectivity index (χ1v) is 4.56. The van der Waals surface area contributed by atoms with E-state index < -0.39 is 0 Å². The number of aliphatic imine (C=N–C) groups is 1. The van der Waals surface area contributed by atoms with Crippen molar-refractivity contribution in [3.05, 3.63) is 22.7 Å². The quantitative estimate of drug-likeness (QED) is 0.640. The number of nitrogens with zero attached hydrogens (tertiary/aromatic N) is 1. The number of hydrogen-bond acceptors (Lipinski definition) is 2. The van der Waals surface area contributed by atoms with Gasteiger partial charge in [0.25, 0.3) is 0 Å². The third-order valence-electron chi connectivity index (χ3n) is 1.40. The van der Waals surface area contributed by atoms with Gasteiger partial charge in [-0.05, 0) is 19.1 Å². The van der Waals surface area contributed by atoms with Crippen LogP contribution in [0.25, 0.3) is 0 Å². The monoisotopic (exact) mass is 242 g/mol. The fourth-order valence-corrected chi connectivity index (χ4v) is 1.39. The fraction of sp³-hybridized carbons (Fsp3) is 0.222. The van der Waals surface area contributed by atoms with Gasteiger partial charge in [0.15, 0.2) is 0 Å². The maximum Gasteiger partial charge on any atom is 0.122 e. The van der Waals surface area contributed by atoms with Crippen LogP contribution in [0.3, 0.4) is 0 Å². The average Bonchev–Trinajstić information content (AvgIpc) is 2.01. The van der Waals surface area contributed by atoms with Crippen molar-refractivity contribution in [3.8, 4) is 5.75 Å². The van der Waals surface area contributed by atoms with Crippen LogP contribution in [0.1, 0.15) is 6.92 Å². The van der Waals surface area contributed by atoms with Gasteiger partial charge in [0.1, 0.15) is 5.75 Å². The number of halogens is 1. The zero-order valence-electron chi connectivity index (χ0n) is 7.54. The summed E-state index contributed by atoms with van der Waals surface area (Å²) in [5.74, 6) is 1.29. The van der Waals surface area contributed by atoms with Crippen LogP contribution in [-0.4, -0.2) is 12.9 Å². The Balaban J connectivity index is 3.09. The van der Waals surface area contributed by atoms with Crippen molar-refractivity contribution in [2.75, 3.05) is 7.11 Å². The molecule has 1 aromatic rings. The second-order valence-corrected chi connectivity index (χ2v) is 3.52. The third-order valence-corrected chi connectivity index (χ3v) is 1.86. The van der Waals surface area contributed by atoms with Crippen molar-refractivity contribution in [1.29, 1.82) is 0 Å². The van der Waals surface area contributed by atoms with Crippen LogP contribution in [0.4, 0.5) is 5.69 Å². The van der Waals surface area contributed by atoms with E-state index >= 15 is 0 Å². The SMILES string of the molecule is COc1cc(Br)cc(N=C(C)N)c1. The number of hydrogen-bond donors (Lipinski definition) is 1. The summed E-state index contributed by atoms with van der Waals surface area (Å²) < 4.78 is 6.00. The van der Waals surface area contributed by atoms with Crippen molar-refractivity contribution in [1.82, 2.24) is 0 Å². The van der Waals surface area contributed by atoms with Crippen LogP contribution in [0, 0.1) is 0 Å². The Hall–Kier alpha value is -1.03. The molecule has 0 fully saturated rings. The van der Waals surface area contributed by atoms with E-state index in [2.05, 4.69) is 20.9 Å². The molecule has 0 unspecified atom stereocenters. The number of benzene rings is 1. The van der Waals surface area contributed by atoms with Gasteiger partial charge in [0.05, 0.1) is 18.6 Å². The Bertz CT molecular complexity index is 332. The zero-order chi connectivity index (χ0) is 9.84. The summed E-state index contributed by atoms with van der Waals surface area (Å²) in [6, 6.07) is 5.56. The van der Waals surface area contributed by atoms with Gasteiger partial charge in [-0.2, -0.15) is 0 Å². The molecule has 1 aromatic carbocycles. The molecular weight excluding hydrogens is 232 g/mol. The van der Waals surface area contributed by atoms with E-state index in [9.17, 15) is 0 Å². The highest BCUT2D eigenvalue weighted by molar-refractivity contribution is 9.10. The molecule has 0 saturated heterocycles. The largest absolute Gasteiger partial charge is 0.497 e. The summed E-state index contributed by atoms with van der Waals surface area (Å²) in [4.78, 5) is 4.11. The number of nitrogens with two attached hydrogens (primary N) is 1. The van der Waals surface area contributed by atoms with Crippen LogP contribution in [0.2, 0.25) is 0 Å². The molecule has 13 heavy (non-hydrogen) atoms. The number of ether oxygens (including phenoxy) is 1. The molecule has 0 aromatic heterocycles. The second-order valence-electron chi connectivity index (χ2n) is 2.60. The van der Waals surface area contributed by atoms with Crippen molar-refractivity contribution >= 4 is 27.5 Å². The second kappa shape index (κ2) is 4.28. The number of methoxy groups -OCH3 is 1. The molecule has 0 saturated carbocycles. The summed E-state index contributed by atoms with van der Waals surface area (Å²) in [5.41, 5.74) is 6.24. The van der Waals surface area contributed by atoms with E-state index in [0.29, 0.717) is 5.84 Å². The molecule has 0 aliphatic rings. The van der Waals surface area contributed by atoms with E-state index in [-0.39, 0.29) is 0 Å². The minimum absolute atomic E-state index is 0.528. The summed E-state index contributed by atoms with van der Waals surface area (Å²) >= 11 is 3.35. The summed E-state index contributed by atoms with van der Waals surface area (Å²) in [7, 11) is 1.62. The average molecular weight is 243 g/mol. The summed E-state index contributed by atoms with van der Waals surface area (Å²) in [5, 5.41) is 0. The maximum atomic E-state index is 5.46. The summed E-state index contributed by atoms with van der Waals surface area (Å²) in [6.07, 6.45) is 0. The van der Waals surface area contributed by atoms with E-state index in [1.807, 2.05) is 18.2 Å². The molecule has 1 rings (SSSR count). The molecule has 0 spiro atoms. The van der Waals surface area contributed by atoms with Crippen molar-refractivity contribution in [3.63, 3.8) is 0 Å². The van der Waals surface area contributed by atoms with E-state index in [4.69, 9.17) is 10.5 Å². The van der Waals surface area contributed by atoms with Gasteiger partial charge < -0.3 is 10.5 Å². The highest BCUT2D eigenvalue weighted by Crippen LogP contribution is 2.26. The van der Waals surface area contributed by atoms with Gasteiger partial charge >= 0.3 is 0 Å². The lowest BCUT2D eigenvalue weighted by Gasteiger charge is -2.02. The predicted octanol–water partition coefficient (Wildman–Crippen LogP) is 2.47. The van der Waals surface area contributed by atoms with Gasteiger partial charge in [-0.15, -0.1) is 0 Å². The smallest absolute Gasteiger partial charge is 0.122 e. The standard InChI is InChI=1S/C9H11BrN2O/c1-6(11)12-8-3-7(10)4-9(5-8)13-2/h3-5H,1-2H3,(H2,11,12). The van der Waals surface area contributed by atoms with Gasteiger partial charge in [-0.1, -0.05) is 15.9 Å². The molecule has 4 heteroatoms. The molecule has 0 aliphatic carbocycles. The van der Waals surface area contributed by atoms with Gasteiger partial charge in [-0.25, -0.2) is 4.99 Å². The molecule has 0 bridgehead atoms. The molecule has 70 valence electrons. The molecule has 0 heterocycles. The van der Waals surface area contributed by atoms with E-state index in [1.54, 1.807) is 14.0 Å². The lowest BCUT2D eigenvalue weighted by molar-refractivity contribution is 0.414. The fourth-order valence-electron chi connectivity index (χ4n) is 0.934. The summed E-state index contributed by atoms with van der Waals surface area (Å²) in [6.45, 7) is 1.74. The highest BCUT2D eigenvalue weighted by atomic mass is 79.9. The Morgan fingerprint density at radius 3 is 2.69 bits per heavy atom. The highest BCUT2D eigenvalue weighted by Gasteiger charge is 1.97. The topological polar surface area (TPSA) is 47.6 Å². The lowest BCUT2D eigenvalue weighted by atomic mass is 10.3. The van der Waals surface area contributed by atoms with Gasteiger partial charge in [0.2, 0.25) is 0 Å². The third kappa shape index (κ3) is 3.06. The predicted molar refractivity (Wildman–Crippen MR) is 57.7 cm³/mol. The molecule has 0 aliphatic heterocycles. The van der Waals surface area contributed by atoms with Crippen LogP contribution >= 0.6 is 15.9 Å². The molecule has 2 N–H and O–H groups in total. The first-order chi connectivity index (χ1) is 6.11. The van der Waals surface area contributed by atoms with E-state index in [1.165, 1.54) is 0 Å². The molecular formula is C9H11BrN2O. The number of rotatable bonds is 2. The Morgan fingerprint density at radius 1 is 1.46 bits per heavy atom.